The highest BCUT2D eigenvalue weighted by molar-refractivity contribution is 5.85. The van der Waals surface area contributed by atoms with Crippen LogP contribution < -0.4 is 0 Å². The Morgan fingerprint density at radius 3 is 2.94 bits per heavy atom. The van der Waals surface area contributed by atoms with Crippen molar-refractivity contribution in [2.75, 3.05) is 7.11 Å². The smallest absolute Gasteiger partial charge is 0.142 e. The Morgan fingerprint density at radius 2 is 2.18 bits per heavy atom. The first-order valence-corrected chi connectivity index (χ1v) is 6.06. The first-order chi connectivity index (χ1) is 8.18. The van der Waals surface area contributed by atoms with Gasteiger partial charge in [0.25, 0.3) is 0 Å². The maximum absolute atomic E-state index is 12.1. The summed E-state index contributed by atoms with van der Waals surface area (Å²) in [4.78, 5) is 12.1. The molecule has 0 aliphatic heterocycles. The second-order valence-electron chi connectivity index (χ2n) is 4.97. The largest absolute Gasteiger partial charge is 0.384 e. The van der Waals surface area contributed by atoms with Crippen molar-refractivity contribution in [2.24, 2.45) is 5.92 Å². The Hall–Kier alpha value is -1.19. The van der Waals surface area contributed by atoms with Gasteiger partial charge in [0.2, 0.25) is 0 Å². The molecule has 0 heterocycles. The van der Waals surface area contributed by atoms with Crippen molar-refractivity contribution in [1.29, 1.82) is 0 Å². The molecule has 0 bridgehead atoms. The number of fused-ring (bicyclic) bond motifs is 3. The van der Waals surface area contributed by atoms with Crippen LogP contribution in [-0.4, -0.2) is 18.0 Å². The first-order valence-electron chi connectivity index (χ1n) is 6.06. The van der Waals surface area contributed by atoms with Crippen LogP contribution in [0.15, 0.2) is 24.3 Å². The summed E-state index contributed by atoms with van der Waals surface area (Å²) in [5, 5.41) is 10.8. The normalized spacial score (nSPS) is 35.5. The Bertz CT molecular complexity index is 468. The standard InChI is InChI=1S/C14H16O3/c1-17-13-9-5-2-3-6-10(9)14(16)8-4-7-11(15)12(13)14/h2-3,5-6,12-13,16H,4,7-8H2,1H3/t12-,13+,14-/m1/s1. The molecule has 0 saturated heterocycles. The first kappa shape index (κ1) is 10.9. The zero-order chi connectivity index (χ0) is 12.0. The average Bonchev–Trinajstić information content (AvgIpc) is 2.60. The number of rotatable bonds is 1. The number of benzene rings is 1. The number of Topliss-reactive ketones (excluding diaryl/α,β-unsaturated/α-hetero) is 1. The van der Waals surface area contributed by atoms with E-state index in [2.05, 4.69) is 0 Å². The summed E-state index contributed by atoms with van der Waals surface area (Å²) >= 11 is 0. The van der Waals surface area contributed by atoms with Gasteiger partial charge in [-0.3, -0.25) is 4.79 Å². The van der Waals surface area contributed by atoms with Crippen LogP contribution in [-0.2, 0) is 15.1 Å². The van der Waals surface area contributed by atoms with Gasteiger partial charge >= 0.3 is 0 Å². The van der Waals surface area contributed by atoms with Crippen LogP contribution in [0.3, 0.4) is 0 Å². The van der Waals surface area contributed by atoms with Crippen LogP contribution in [0.1, 0.15) is 36.5 Å². The molecule has 0 amide bonds. The van der Waals surface area contributed by atoms with E-state index in [1.54, 1.807) is 7.11 Å². The fourth-order valence-corrected chi connectivity index (χ4v) is 3.41. The molecule has 1 saturated carbocycles. The lowest BCUT2D eigenvalue weighted by atomic mass is 9.74. The molecule has 0 radical (unpaired) electrons. The highest BCUT2D eigenvalue weighted by Crippen LogP contribution is 2.54. The molecule has 3 nitrogen and oxygen atoms in total. The van der Waals surface area contributed by atoms with E-state index in [1.807, 2.05) is 24.3 Å². The summed E-state index contributed by atoms with van der Waals surface area (Å²) < 4.78 is 5.46. The minimum absolute atomic E-state index is 0.127. The highest BCUT2D eigenvalue weighted by Gasteiger charge is 2.55. The monoisotopic (exact) mass is 232 g/mol. The molecule has 2 aliphatic carbocycles. The summed E-state index contributed by atoms with van der Waals surface area (Å²) in [5.41, 5.74) is 0.842. The maximum Gasteiger partial charge on any atom is 0.142 e. The molecular weight excluding hydrogens is 216 g/mol. The summed E-state index contributed by atoms with van der Waals surface area (Å²) in [6, 6.07) is 7.70. The number of carbonyl (C=O) groups excluding carboxylic acids is 1. The Morgan fingerprint density at radius 1 is 1.41 bits per heavy atom. The number of ether oxygens (including phenoxy) is 1. The molecule has 2 aliphatic rings. The lowest BCUT2D eigenvalue weighted by Gasteiger charge is -2.35. The minimum atomic E-state index is -1.01. The van der Waals surface area contributed by atoms with Crippen molar-refractivity contribution in [3.8, 4) is 0 Å². The van der Waals surface area contributed by atoms with Gasteiger partial charge in [0, 0.05) is 13.5 Å². The van der Waals surface area contributed by atoms with Gasteiger partial charge in [-0.1, -0.05) is 24.3 Å². The van der Waals surface area contributed by atoms with E-state index >= 15 is 0 Å². The number of carbonyl (C=O) groups is 1. The van der Waals surface area contributed by atoms with Crippen molar-refractivity contribution in [2.45, 2.75) is 31.0 Å². The van der Waals surface area contributed by atoms with Crippen LogP contribution in [0.5, 0.6) is 0 Å². The SMILES string of the molecule is CO[C@H]1c2ccccc2[C@]2(O)CCCC(=O)[C@H]12. The Labute approximate surface area is 100 Å². The Kier molecular flexibility index (Phi) is 2.35. The van der Waals surface area contributed by atoms with E-state index < -0.39 is 11.5 Å². The summed E-state index contributed by atoms with van der Waals surface area (Å²) in [6.45, 7) is 0. The second kappa shape index (κ2) is 3.65. The van der Waals surface area contributed by atoms with E-state index in [0.29, 0.717) is 12.8 Å². The van der Waals surface area contributed by atoms with Crippen LogP contribution >= 0.6 is 0 Å². The molecule has 3 atom stereocenters. The van der Waals surface area contributed by atoms with Gasteiger partial charge in [0.1, 0.15) is 11.4 Å². The van der Waals surface area contributed by atoms with E-state index in [-0.39, 0.29) is 11.9 Å². The van der Waals surface area contributed by atoms with Gasteiger partial charge in [-0.15, -0.1) is 0 Å². The van der Waals surface area contributed by atoms with Gasteiger partial charge < -0.3 is 9.84 Å². The fraction of sp³-hybridized carbons (Fsp3) is 0.500. The van der Waals surface area contributed by atoms with E-state index in [9.17, 15) is 9.90 Å². The zero-order valence-electron chi connectivity index (χ0n) is 9.85. The fourth-order valence-electron chi connectivity index (χ4n) is 3.41. The molecule has 17 heavy (non-hydrogen) atoms. The molecule has 3 rings (SSSR count). The molecule has 1 aromatic carbocycles. The van der Waals surface area contributed by atoms with Crippen LogP contribution in [0.25, 0.3) is 0 Å². The van der Waals surface area contributed by atoms with E-state index in [4.69, 9.17) is 4.74 Å². The molecule has 0 unspecified atom stereocenters. The number of hydrogen-bond acceptors (Lipinski definition) is 3. The number of methoxy groups -OCH3 is 1. The number of ketones is 1. The molecule has 1 N–H and O–H groups in total. The van der Waals surface area contributed by atoms with Gasteiger partial charge in [-0.25, -0.2) is 0 Å². The predicted molar refractivity (Wildman–Crippen MR) is 62.4 cm³/mol. The third kappa shape index (κ3) is 1.33. The quantitative estimate of drug-likeness (QED) is 0.805. The van der Waals surface area contributed by atoms with Gasteiger partial charge in [-0.05, 0) is 24.0 Å². The summed E-state index contributed by atoms with van der Waals surface area (Å²) in [7, 11) is 1.61. The van der Waals surface area contributed by atoms with Crippen molar-refractivity contribution >= 4 is 5.78 Å². The predicted octanol–water partition coefficient (Wildman–Crippen LogP) is 1.94. The second-order valence-corrected chi connectivity index (χ2v) is 4.97. The van der Waals surface area contributed by atoms with Crippen molar-refractivity contribution in [3.05, 3.63) is 35.4 Å². The molecule has 1 fully saturated rings. The minimum Gasteiger partial charge on any atom is -0.384 e. The van der Waals surface area contributed by atoms with Crippen molar-refractivity contribution in [3.63, 3.8) is 0 Å². The maximum atomic E-state index is 12.1. The third-order valence-corrected chi connectivity index (χ3v) is 4.13. The molecule has 1 aromatic rings. The topological polar surface area (TPSA) is 46.5 Å². The lowest BCUT2D eigenvalue weighted by Crippen LogP contribution is -2.41. The van der Waals surface area contributed by atoms with Gasteiger partial charge in [-0.2, -0.15) is 0 Å². The van der Waals surface area contributed by atoms with Gasteiger partial charge in [0.15, 0.2) is 0 Å². The van der Waals surface area contributed by atoms with Crippen LogP contribution in [0.4, 0.5) is 0 Å². The number of aliphatic hydroxyl groups is 1. The van der Waals surface area contributed by atoms with E-state index in [1.165, 1.54) is 0 Å². The van der Waals surface area contributed by atoms with Crippen molar-refractivity contribution < 1.29 is 14.6 Å². The molecular formula is C14H16O3. The third-order valence-electron chi connectivity index (χ3n) is 4.13. The summed E-state index contributed by atoms with van der Waals surface area (Å²) in [6.07, 6.45) is 1.68. The molecule has 0 spiro atoms. The number of hydrogen-bond donors (Lipinski definition) is 1. The summed E-state index contributed by atoms with van der Waals surface area (Å²) in [5.74, 6) is -0.291. The van der Waals surface area contributed by atoms with Gasteiger partial charge in [0.05, 0.1) is 12.0 Å². The van der Waals surface area contributed by atoms with E-state index in [0.717, 1.165) is 17.5 Å². The lowest BCUT2D eigenvalue weighted by molar-refractivity contribution is -0.148. The molecule has 0 aromatic heterocycles. The zero-order valence-corrected chi connectivity index (χ0v) is 9.85. The average molecular weight is 232 g/mol. The molecule has 3 heteroatoms. The highest BCUT2D eigenvalue weighted by atomic mass is 16.5. The van der Waals surface area contributed by atoms with Crippen LogP contribution in [0.2, 0.25) is 0 Å². The Balaban J connectivity index is 2.19. The molecule has 90 valence electrons. The van der Waals surface area contributed by atoms with Crippen molar-refractivity contribution in [1.82, 2.24) is 0 Å². The van der Waals surface area contributed by atoms with Crippen LogP contribution in [0, 0.1) is 5.92 Å².